The second kappa shape index (κ2) is 19.2. The molecule has 20 atom stereocenters. The van der Waals surface area contributed by atoms with Gasteiger partial charge in [0.25, 0.3) is 0 Å². The molecule has 0 bridgehead atoms. The molecule has 320 valence electrons. The van der Waals surface area contributed by atoms with E-state index in [1.165, 1.54) is 0 Å². The molecule has 4 rings (SSSR count). The average Bonchev–Trinajstić information content (AvgIpc) is 3.11. The number of aliphatic hydroxyl groups excluding tert-OH is 11. The zero-order valence-electron chi connectivity index (χ0n) is 29.0. The Kier molecular flexibility index (Phi) is 16.0. The molecule has 0 saturated carbocycles. The Bertz CT molecular complexity index is 1380. The van der Waals surface area contributed by atoms with Crippen LogP contribution in [0.3, 0.4) is 0 Å². The Morgan fingerprint density at radius 1 is 0.564 bits per heavy atom. The van der Waals surface area contributed by atoms with E-state index in [1.807, 2.05) is 0 Å². The molecule has 1 unspecified atom stereocenters. The van der Waals surface area contributed by atoms with Crippen molar-refractivity contribution in [2.24, 2.45) is 0 Å². The van der Waals surface area contributed by atoms with Gasteiger partial charge in [-0.15, -0.1) is 0 Å². The third-order valence-corrected chi connectivity index (χ3v) is 9.63. The molecule has 4 aliphatic rings. The molecule has 4 heterocycles. The van der Waals surface area contributed by atoms with Gasteiger partial charge in [0, 0.05) is 13.8 Å². The van der Waals surface area contributed by atoms with Crippen LogP contribution in [0.5, 0.6) is 0 Å². The highest BCUT2D eigenvalue weighted by Crippen LogP contribution is 2.32. The lowest BCUT2D eigenvalue weighted by Crippen LogP contribution is -2.69. The number of aliphatic hydroxyl groups is 11. The van der Waals surface area contributed by atoms with Crippen molar-refractivity contribution in [1.82, 2.24) is 10.6 Å². The first-order valence-electron chi connectivity index (χ1n) is 16.7. The number of ether oxygens (including phenoxy) is 7. The van der Waals surface area contributed by atoms with Gasteiger partial charge in [-0.1, -0.05) is 0 Å². The van der Waals surface area contributed by atoms with Gasteiger partial charge in [-0.2, -0.15) is 8.42 Å². The summed E-state index contributed by atoms with van der Waals surface area (Å²) in [6.07, 6.45) is -32.8. The Morgan fingerprint density at radius 3 is 1.56 bits per heavy atom. The number of carbonyl (C=O) groups excluding carboxylic acids is 2. The molecule has 0 aromatic heterocycles. The van der Waals surface area contributed by atoms with Crippen molar-refractivity contribution in [3.8, 4) is 0 Å². The van der Waals surface area contributed by atoms with Gasteiger partial charge in [0.1, 0.15) is 97.5 Å². The summed E-state index contributed by atoms with van der Waals surface area (Å²) in [6.45, 7) is -1.51. The summed E-state index contributed by atoms with van der Waals surface area (Å²) in [6, 6.07) is -3.15. The van der Waals surface area contributed by atoms with Gasteiger partial charge in [0.2, 0.25) is 11.8 Å². The van der Waals surface area contributed by atoms with E-state index < -0.39 is 171 Å². The molecule has 0 aromatic rings. The maximum atomic E-state index is 12.2. The fourth-order valence-corrected chi connectivity index (χ4v) is 6.69. The zero-order chi connectivity index (χ0) is 41.1. The molecule has 4 aliphatic heterocycles. The van der Waals surface area contributed by atoms with Crippen LogP contribution >= 0.6 is 0 Å². The van der Waals surface area contributed by atoms with Gasteiger partial charge in [-0.3, -0.25) is 14.1 Å². The van der Waals surface area contributed by atoms with E-state index in [-0.39, 0.29) is 0 Å². The highest BCUT2D eigenvalue weighted by molar-refractivity contribution is 7.80. The minimum Gasteiger partial charge on any atom is -0.394 e. The molecule has 55 heavy (non-hydrogen) atoms. The summed E-state index contributed by atoms with van der Waals surface area (Å²) in [5.74, 6) is -1.50. The monoisotopic (exact) mass is 828 g/mol. The summed E-state index contributed by atoms with van der Waals surface area (Å²) in [7, 11) is -5.04. The van der Waals surface area contributed by atoms with Gasteiger partial charge in [-0.05, 0) is 0 Å². The van der Waals surface area contributed by atoms with Gasteiger partial charge in [-0.25, -0.2) is 4.18 Å². The second-order valence-electron chi connectivity index (χ2n) is 13.2. The van der Waals surface area contributed by atoms with E-state index in [9.17, 15) is 74.2 Å². The lowest BCUT2D eigenvalue weighted by atomic mass is 9.94. The summed E-state index contributed by atoms with van der Waals surface area (Å²) < 4.78 is 74.0. The first kappa shape index (κ1) is 45.8. The normalized spacial score (nSPS) is 45.5. The van der Waals surface area contributed by atoms with Gasteiger partial charge in [0.05, 0.1) is 26.4 Å². The Labute approximate surface area is 311 Å². The Morgan fingerprint density at radius 2 is 1.04 bits per heavy atom. The van der Waals surface area contributed by atoms with Crippen molar-refractivity contribution in [1.29, 1.82) is 0 Å². The van der Waals surface area contributed by atoms with Crippen molar-refractivity contribution in [2.45, 2.75) is 137 Å². The first-order chi connectivity index (χ1) is 25.7. The van der Waals surface area contributed by atoms with Crippen molar-refractivity contribution in [3.05, 3.63) is 0 Å². The molecule has 4 saturated heterocycles. The fraction of sp³-hybridized carbons (Fsp3) is 0.929. The maximum absolute atomic E-state index is 12.2. The SMILES string of the molecule is CC(=O)N[C@H]1[C@H](OC[C@H]2OC(O)[C@H](NC(C)=O)[C@@H](O[C@@H]3O[C@H](CO)[C@H](O)[C@H](O)[C@H]3O)[C@H]2O)O[C@H](CO)[C@@H](O[C@@H]2O[C@H](COS(=O)(=O)O)[C@H](O)[C@H](O)[C@H]2O)[C@@H]1O. The minimum absolute atomic E-state index is 0.731. The molecular weight excluding hydrogens is 780 g/mol. The molecule has 0 spiro atoms. The topological polar surface area (TPSA) is 409 Å². The van der Waals surface area contributed by atoms with E-state index in [1.54, 1.807) is 0 Å². The summed E-state index contributed by atoms with van der Waals surface area (Å²) in [5.41, 5.74) is 0. The average molecular weight is 829 g/mol. The predicted molar refractivity (Wildman–Crippen MR) is 167 cm³/mol. The van der Waals surface area contributed by atoms with Crippen LogP contribution in [0.2, 0.25) is 0 Å². The van der Waals surface area contributed by atoms with Crippen LogP contribution in [0.1, 0.15) is 13.8 Å². The number of carbonyl (C=O) groups is 2. The van der Waals surface area contributed by atoms with Gasteiger partial charge >= 0.3 is 10.4 Å². The quantitative estimate of drug-likeness (QED) is 0.0723. The molecule has 4 fully saturated rings. The molecule has 2 amide bonds. The minimum atomic E-state index is -5.04. The lowest BCUT2D eigenvalue weighted by molar-refractivity contribution is -0.355. The molecule has 0 aromatic carbocycles. The molecule has 27 heteroatoms. The van der Waals surface area contributed by atoms with Crippen LogP contribution in [0, 0.1) is 0 Å². The molecule has 26 nitrogen and oxygen atoms in total. The predicted octanol–water partition coefficient (Wildman–Crippen LogP) is -9.63. The Hall–Kier alpha value is -1.91. The van der Waals surface area contributed by atoms with E-state index in [2.05, 4.69) is 14.8 Å². The van der Waals surface area contributed by atoms with Crippen molar-refractivity contribution in [2.75, 3.05) is 26.4 Å². The number of hydrogen-bond donors (Lipinski definition) is 14. The zero-order valence-corrected chi connectivity index (χ0v) is 29.9. The summed E-state index contributed by atoms with van der Waals surface area (Å²) in [5, 5.41) is 120. The van der Waals surface area contributed by atoms with Crippen LogP contribution in [0.4, 0.5) is 0 Å². The Balaban J connectivity index is 1.51. The number of nitrogens with one attached hydrogen (secondary N) is 2. The maximum Gasteiger partial charge on any atom is 0.397 e. The van der Waals surface area contributed by atoms with Crippen LogP contribution < -0.4 is 10.6 Å². The molecule has 0 radical (unpaired) electrons. The number of rotatable bonds is 14. The highest BCUT2D eigenvalue weighted by Gasteiger charge is 2.54. The summed E-state index contributed by atoms with van der Waals surface area (Å²) in [4.78, 5) is 24.1. The highest BCUT2D eigenvalue weighted by atomic mass is 32.3. The van der Waals surface area contributed by atoms with E-state index >= 15 is 0 Å². The number of hydrogen-bond acceptors (Lipinski definition) is 23. The summed E-state index contributed by atoms with van der Waals surface area (Å²) >= 11 is 0. The standard InChI is InChI=1S/C28H48N2O24S/c1-7(33)29-13-18(38)23(53-28-22(42)20(40)16(36)12(52-28)6-48-55(44,45)46)10(4-32)51-26(13)47-5-11-17(37)24(14(25(43)49-11)30-8(2)34)54-27-21(41)19(39)15(35)9(3-31)50-27/h9-28,31-32,35-43H,3-6H2,1-2H3,(H,29,33)(H,30,34)(H,44,45,46)/t9-,10-,11-,12-,13-,14-,15+,16+,17+,18-,19+,20+,21-,22-,23-,24-,25?,26-,27+,28+/m1/s1. The van der Waals surface area contributed by atoms with E-state index in [0.29, 0.717) is 0 Å². The fourth-order valence-electron chi connectivity index (χ4n) is 6.39. The van der Waals surface area contributed by atoms with Crippen LogP contribution in [-0.2, 0) is 57.3 Å². The molecule has 14 N–H and O–H groups in total. The van der Waals surface area contributed by atoms with Crippen LogP contribution in [0.15, 0.2) is 0 Å². The smallest absolute Gasteiger partial charge is 0.394 e. The van der Waals surface area contributed by atoms with Crippen molar-refractivity contribution in [3.63, 3.8) is 0 Å². The van der Waals surface area contributed by atoms with Crippen LogP contribution in [0.25, 0.3) is 0 Å². The van der Waals surface area contributed by atoms with Crippen LogP contribution in [-0.4, -0.2) is 230 Å². The first-order valence-corrected chi connectivity index (χ1v) is 18.1. The third-order valence-electron chi connectivity index (χ3n) is 9.19. The lowest BCUT2D eigenvalue weighted by Gasteiger charge is -2.48. The molecular formula is C28H48N2O24S. The third kappa shape index (κ3) is 11.0. The van der Waals surface area contributed by atoms with Crippen molar-refractivity contribution < 1.29 is 116 Å². The molecule has 0 aliphatic carbocycles. The largest absolute Gasteiger partial charge is 0.397 e. The van der Waals surface area contributed by atoms with Crippen molar-refractivity contribution >= 4 is 22.2 Å². The van der Waals surface area contributed by atoms with Gasteiger partial charge in [0.15, 0.2) is 25.2 Å². The van der Waals surface area contributed by atoms with E-state index in [4.69, 9.17) is 37.7 Å². The van der Waals surface area contributed by atoms with E-state index in [0.717, 1.165) is 13.8 Å². The second-order valence-corrected chi connectivity index (χ2v) is 14.3. The van der Waals surface area contributed by atoms with Gasteiger partial charge < -0.3 is 100.0 Å². The number of amides is 2.